The van der Waals surface area contributed by atoms with E-state index in [1.54, 1.807) is 0 Å². The minimum Gasteiger partial charge on any atom is -0.480 e. The number of alkyl halides is 2. The first-order chi connectivity index (χ1) is 7.11. The summed E-state index contributed by atoms with van der Waals surface area (Å²) < 4.78 is 0. The normalized spacial score (nSPS) is 14.0. The Morgan fingerprint density at radius 2 is 1.31 bits per heavy atom. The number of hydrogen-bond acceptors (Lipinski definition) is 2. The number of halogens is 2. The van der Waals surface area contributed by atoms with Crippen LogP contribution in [0, 0.1) is 11.8 Å². The third kappa shape index (κ3) is 9.15. The van der Waals surface area contributed by atoms with Crippen LogP contribution in [0.1, 0.15) is 27.7 Å². The molecule has 6 heteroatoms. The predicted molar refractivity (Wildman–Crippen MR) is 71.9 cm³/mol. The number of hydrogen-bond donors (Lipinski definition) is 2. The smallest absolute Gasteiger partial charge is 0.317 e. The molecule has 0 bridgehead atoms. The molecular weight excluding hydrogens is 342 g/mol. The van der Waals surface area contributed by atoms with E-state index in [4.69, 9.17) is 10.8 Å². The molecule has 0 aromatic rings. The van der Waals surface area contributed by atoms with Gasteiger partial charge in [0.2, 0.25) is 5.91 Å². The molecule has 0 aliphatic rings. The first kappa shape index (κ1) is 18.3. The maximum atomic E-state index is 10.3. The first-order valence-corrected chi connectivity index (χ1v) is 6.74. The van der Waals surface area contributed by atoms with Crippen LogP contribution in [0.2, 0.25) is 0 Å². The molecule has 96 valence electrons. The summed E-state index contributed by atoms with van der Waals surface area (Å²) in [6.45, 7) is 7.58. The molecule has 0 spiro atoms. The molecule has 0 rings (SSSR count). The highest BCUT2D eigenvalue weighted by atomic mass is 79.9. The van der Waals surface area contributed by atoms with Gasteiger partial charge in [-0.05, 0) is 11.8 Å². The maximum Gasteiger partial charge on any atom is 0.317 e. The van der Waals surface area contributed by atoms with Gasteiger partial charge in [0.15, 0.2) is 0 Å². The minimum atomic E-state index is -0.792. The number of aliphatic carboxylic acids is 1. The highest BCUT2D eigenvalue weighted by molar-refractivity contribution is 9.10. The van der Waals surface area contributed by atoms with Crippen LogP contribution in [0.5, 0.6) is 0 Å². The molecule has 0 saturated carbocycles. The van der Waals surface area contributed by atoms with E-state index in [0.717, 1.165) is 0 Å². The van der Waals surface area contributed by atoms with E-state index in [2.05, 4.69) is 31.9 Å². The summed E-state index contributed by atoms with van der Waals surface area (Å²) in [5, 5.41) is 8.31. The zero-order valence-electron chi connectivity index (χ0n) is 9.91. The van der Waals surface area contributed by atoms with Gasteiger partial charge in [-0.15, -0.1) is 0 Å². The fourth-order valence-electron chi connectivity index (χ4n) is 0.614. The van der Waals surface area contributed by atoms with Crippen molar-refractivity contribution in [3.8, 4) is 0 Å². The zero-order chi connectivity index (χ0) is 13.5. The van der Waals surface area contributed by atoms with E-state index in [-0.39, 0.29) is 22.6 Å². The number of amides is 1. The lowest BCUT2D eigenvalue weighted by Crippen LogP contribution is -2.27. The van der Waals surface area contributed by atoms with E-state index in [0.29, 0.717) is 0 Å². The highest BCUT2D eigenvalue weighted by Crippen LogP contribution is 2.11. The Bertz CT molecular complexity index is 208. The Labute approximate surface area is 113 Å². The lowest BCUT2D eigenvalue weighted by Gasteiger charge is -2.06. The maximum absolute atomic E-state index is 10.3. The lowest BCUT2D eigenvalue weighted by molar-refractivity contribution is -0.137. The summed E-state index contributed by atoms with van der Waals surface area (Å²) in [4.78, 5) is 19.8. The molecule has 0 heterocycles. The second-order valence-electron chi connectivity index (χ2n) is 4.03. The van der Waals surface area contributed by atoms with Gasteiger partial charge >= 0.3 is 5.97 Å². The Kier molecular flexibility index (Phi) is 10.3. The Hall–Kier alpha value is -0.100. The minimum absolute atomic E-state index is 0.160. The van der Waals surface area contributed by atoms with Crippen LogP contribution >= 0.6 is 31.9 Å². The molecule has 16 heavy (non-hydrogen) atoms. The molecule has 4 nitrogen and oxygen atoms in total. The summed E-state index contributed by atoms with van der Waals surface area (Å²) in [6.07, 6.45) is 0. The summed E-state index contributed by atoms with van der Waals surface area (Å²) in [6, 6.07) is 0. The largest absolute Gasteiger partial charge is 0.480 e. The number of nitrogens with two attached hydrogens (primary N) is 1. The van der Waals surface area contributed by atoms with Crippen LogP contribution < -0.4 is 5.73 Å². The van der Waals surface area contributed by atoms with Crippen LogP contribution in [0.3, 0.4) is 0 Å². The van der Waals surface area contributed by atoms with Crippen molar-refractivity contribution in [2.45, 2.75) is 37.3 Å². The number of carbonyl (C=O) groups is 2. The SMILES string of the molecule is CC(C)[C@@H](Br)C(=O)O.CC(C)[C@@H](Br)C(N)=O. The molecule has 3 N–H and O–H groups in total. The molecule has 0 aliphatic carbocycles. The molecule has 0 aromatic carbocycles. The lowest BCUT2D eigenvalue weighted by atomic mass is 10.1. The van der Waals surface area contributed by atoms with Crippen molar-refractivity contribution in [3.05, 3.63) is 0 Å². The molecule has 1 amide bonds. The molecule has 0 saturated heterocycles. The molecule has 0 radical (unpaired) electrons. The molecule has 0 fully saturated rings. The van der Waals surface area contributed by atoms with Crippen LogP contribution in [-0.2, 0) is 9.59 Å². The number of carboxylic acids is 1. The average molecular weight is 361 g/mol. The van der Waals surface area contributed by atoms with E-state index in [9.17, 15) is 9.59 Å². The van der Waals surface area contributed by atoms with Crippen LogP contribution in [0.25, 0.3) is 0 Å². The highest BCUT2D eigenvalue weighted by Gasteiger charge is 2.16. The van der Waals surface area contributed by atoms with Crippen molar-refractivity contribution in [2.24, 2.45) is 17.6 Å². The molecule has 2 atom stereocenters. The number of carboxylic acid groups (broad SMARTS) is 1. The van der Waals surface area contributed by atoms with Crippen molar-refractivity contribution >= 4 is 43.7 Å². The molecule has 0 aromatic heterocycles. The monoisotopic (exact) mass is 359 g/mol. The second kappa shape index (κ2) is 8.98. The van der Waals surface area contributed by atoms with Crippen molar-refractivity contribution in [1.82, 2.24) is 0 Å². The summed E-state index contributed by atoms with van der Waals surface area (Å²) in [5.41, 5.74) is 4.95. The standard InChI is InChI=1S/C5H10BrNO.C5H9BrO2/c2*1-3(2)4(6)5(7)8/h3-4H,1-2H3,(H2,7,8);3-4H,1-2H3,(H,7,8)/t2*4-/m11/s1. The van der Waals surface area contributed by atoms with Crippen LogP contribution in [-0.4, -0.2) is 26.6 Å². The van der Waals surface area contributed by atoms with Gasteiger partial charge in [0.25, 0.3) is 0 Å². The second-order valence-corrected chi connectivity index (χ2v) is 6.01. The molecule has 0 aliphatic heterocycles. The van der Waals surface area contributed by atoms with Gasteiger partial charge in [-0.1, -0.05) is 59.6 Å². The fourth-order valence-corrected chi connectivity index (χ4v) is 0.614. The van der Waals surface area contributed by atoms with Gasteiger partial charge in [0.05, 0.1) is 4.83 Å². The van der Waals surface area contributed by atoms with E-state index >= 15 is 0 Å². The zero-order valence-corrected chi connectivity index (χ0v) is 13.1. The van der Waals surface area contributed by atoms with E-state index < -0.39 is 10.8 Å². The number of carbonyl (C=O) groups excluding carboxylic acids is 1. The quantitative estimate of drug-likeness (QED) is 0.755. The predicted octanol–water partition coefficient (Wildman–Crippen LogP) is 2.38. The van der Waals surface area contributed by atoms with Gasteiger partial charge in [0, 0.05) is 0 Å². The van der Waals surface area contributed by atoms with E-state index in [1.165, 1.54) is 0 Å². The van der Waals surface area contributed by atoms with Gasteiger partial charge in [-0.25, -0.2) is 0 Å². The topological polar surface area (TPSA) is 80.4 Å². The third-order valence-corrected chi connectivity index (χ3v) is 4.64. The number of primary amides is 1. The number of rotatable bonds is 4. The van der Waals surface area contributed by atoms with Crippen molar-refractivity contribution < 1.29 is 14.7 Å². The van der Waals surface area contributed by atoms with Crippen LogP contribution in [0.4, 0.5) is 0 Å². The summed E-state index contributed by atoms with van der Waals surface area (Å²) >= 11 is 6.14. The molecule has 0 unspecified atom stereocenters. The van der Waals surface area contributed by atoms with Gasteiger partial charge < -0.3 is 10.8 Å². The van der Waals surface area contributed by atoms with Crippen molar-refractivity contribution in [3.63, 3.8) is 0 Å². The van der Waals surface area contributed by atoms with Crippen molar-refractivity contribution in [1.29, 1.82) is 0 Å². The third-order valence-electron chi connectivity index (χ3n) is 1.68. The molecular formula is C10H19Br2NO3. The Balaban J connectivity index is 0. The Morgan fingerprint density at radius 1 is 1.00 bits per heavy atom. The average Bonchev–Trinajstić information content (AvgIpc) is 2.15. The van der Waals surface area contributed by atoms with Crippen LogP contribution in [0.15, 0.2) is 0 Å². The fraction of sp³-hybridized carbons (Fsp3) is 0.800. The van der Waals surface area contributed by atoms with Gasteiger partial charge in [-0.2, -0.15) is 0 Å². The van der Waals surface area contributed by atoms with Gasteiger partial charge in [0.1, 0.15) is 4.83 Å². The summed E-state index contributed by atoms with van der Waals surface area (Å²) in [7, 11) is 0. The van der Waals surface area contributed by atoms with E-state index in [1.807, 2.05) is 27.7 Å². The first-order valence-electron chi connectivity index (χ1n) is 4.91. The Morgan fingerprint density at radius 3 is 1.31 bits per heavy atom. The summed E-state index contributed by atoms with van der Waals surface area (Å²) in [5.74, 6) is -0.639. The van der Waals surface area contributed by atoms with Gasteiger partial charge in [-0.3, -0.25) is 9.59 Å². The van der Waals surface area contributed by atoms with Crippen molar-refractivity contribution in [2.75, 3.05) is 0 Å².